The molecule has 0 saturated carbocycles. The van der Waals surface area contributed by atoms with Crippen LogP contribution in [0.25, 0.3) is 0 Å². The van der Waals surface area contributed by atoms with E-state index in [1.807, 2.05) is 0 Å². The lowest BCUT2D eigenvalue weighted by Gasteiger charge is -2.24. The number of rotatable bonds is 1. The zero-order valence-electron chi connectivity index (χ0n) is 12.0. The smallest absolute Gasteiger partial charge is 0.166 e. The first-order valence-corrected chi connectivity index (χ1v) is 7.77. The minimum atomic E-state index is 0.205. The van der Waals surface area contributed by atoms with Crippen molar-refractivity contribution in [3.63, 3.8) is 0 Å². The second kappa shape index (κ2) is 5.06. The average molecular weight is 278 g/mol. The van der Waals surface area contributed by atoms with E-state index < -0.39 is 0 Å². The number of fused-ring (bicyclic) bond motifs is 2. The van der Waals surface area contributed by atoms with Gasteiger partial charge in [0.1, 0.15) is 5.82 Å². The molecule has 106 valence electrons. The van der Waals surface area contributed by atoms with Crippen molar-refractivity contribution in [1.29, 1.82) is 0 Å². The van der Waals surface area contributed by atoms with Crippen LogP contribution in [0.4, 0.5) is 0 Å². The lowest BCUT2D eigenvalue weighted by molar-refractivity contribution is 0.0971. The number of nitrogens with zero attached hydrogens (tertiary/aromatic N) is 2. The van der Waals surface area contributed by atoms with Crippen LogP contribution in [0, 0.1) is 0 Å². The fourth-order valence-corrected chi connectivity index (χ4v) is 3.52. The van der Waals surface area contributed by atoms with Gasteiger partial charge in [0.2, 0.25) is 0 Å². The summed E-state index contributed by atoms with van der Waals surface area (Å²) in [6, 6.07) is 8.65. The molecule has 2 aromatic rings. The summed E-state index contributed by atoms with van der Waals surface area (Å²) in [7, 11) is 0. The minimum absolute atomic E-state index is 0.205. The maximum atomic E-state index is 11.9. The Morgan fingerprint density at radius 3 is 2.81 bits per heavy atom. The Morgan fingerprint density at radius 2 is 1.90 bits per heavy atom. The lowest BCUT2D eigenvalue weighted by Crippen LogP contribution is -2.19. The number of aromatic nitrogens is 2. The normalized spacial score (nSPS) is 20.8. The third-order valence-electron chi connectivity index (χ3n) is 4.72. The third kappa shape index (κ3) is 2.27. The first kappa shape index (κ1) is 12.7. The summed E-state index contributed by atoms with van der Waals surface area (Å²) in [6.45, 7) is 0. The zero-order valence-corrected chi connectivity index (χ0v) is 12.0. The molecule has 3 nitrogen and oxygen atoms in total. The van der Waals surface area contributed by atoms with Gasteiger partial charge in [-0.3, -0.25) is 4.79 Å². The number of benzene rings is 1. The van der Waals surface area contributed by atoms with Crippen LogP contribution in [0.15, 0.2) is 30.5 Å². The van der Waals surface area contributed by atoms with Crippen LogP contribution in [0.5, 0.6) is 0 Å². The van der Waals surface area contributed by atoms with Crippen molar-refractivity contribution in [2.24, 2.45) is 0 Å². The predicted molar refractivity (Wildman–Crippen MR) is 80.5 cm³/mol. The Bertz CT molecular complexity index is 708. The maximum absolute atomic E-state index is 11.9. The molecule has 0 fully saturated rings. The molecule has 0 bridgehead atoms. The maximum Gasteiger partial charge on any atom is 0.166 e. The van der Waals surface area contributed by atoms with Crippen molar-refractivity contribution in [2.75, 3.05) is 0 Å². The molecule has 1 unspecified atom stereocenters. The summed E-state index contributed by atoms with van der Waals surface area (Å²) in [5.74, 6) is 1.52. The number of carbonyl (C=O) groups is 1. The molecule has 0 aliphatic heterocycles. The van der Waals surface area contributed by atoms with Gasteiger partial charge in [-0.1, -0.05) is 24.3 Å². The monoisotopic (exact) mass is 278 g/mol. The topological polar surface area (TPSA) is 42.9 Å². The lowest BCUT2D eigenvalue weighted by atomic mass is 9.83. The van der Waals surface area contributed by atoms with E-state index in [1.54, 1.807) is 6.20 Å². The van der Waals surface area contributed by atoms with Crippen LogP contribution in [0.1, 0.15) is 58.2 Å². The first-order chi connectivity index (χ1) is 10.3. The molecule has 1 atom stereocenters. The van der Waals surface area contributed by atoms with E-state index in [0.29, 0.717) is 12.3 Å². The summed E-state index contributed by atoms with van der Waals surface area (Å²) in [6.07, 6.45) is 7.47. The minimum Gasteiger partial charge on any atom is -0.294 e. The zero-order chi connectivity index (χ0) is 14.2. The van der Waals surface area contributed by atoms with E-state index in [9.17, 15) is 4.79 Å². The largest absolute Gasteiger partial charge is 0.294 e. The van der Waals surface area contributed by atoms with E-state index in [2.05, 4.69) is 29.2 Å². The molecule has 1 aromatic heterocycles. The fraction of sp³-hybridized carbons (Fsp3) is 0.389. The third-order valence-corrected chi connectivity index (χ3v) is 4.72. The molecule has 1 heterocycles. The Balaban J connectivity index is 1.65. The van der Waals surface area contributed by atoms with Crippen molar-refractivity contribution in [3.05, 3.63) is 58.7 Å². The van der Waals surface area contributed by atoms with E-state index >= 15 is 0 Å². The Kier molecular flexibility index (Phi) is 3.06. The standard InChI is InChI=1S/C18H18N2O/c21-17-7-3-6-16-15(17)11-19-18(20-16)14-9-8-12-4-1-2-5-13(12)10-14/h1-2,4-5,11,14H,3,6-10H2. The Morgan fingerprint density at radius 1 is 1.05 bits per heavy atom. The van der Waals surface area contributed by atoms with Crippen LogP contribution in [-0.4, -0.2) is 15.8 Å². The quantitative estimate of drug-likeness (QED) is 0.804. The number of hydrogen-bond donors (Lipinski definition) is 0. The second-order valence-corrected chi connectivity index (χ2v) is 6.07. The van der Waals surface area contributed by atoms with Crippen LogP contribution in [0.2, 0.25) is 0 Å². The summed E-state index contributed by atoms with van der Waals surface area (Å²) in [5.41, 5.74) is 4.60. The van der Waals surface area contributed by atoms with Crippen LogP contribution in [-0.2, 0) is 19.3 Å². The van der Waals surface area contributed by atoms with Gasteiger partial charge in [0.25, 0.3) is 0 Å². The molecule has 1 aromatic carbocycles. The van der Waals surface area contributed by atoms with Crippen LogP contribution >= 0.6 is 0 Å². The fourth-order valence-electron chi connectivity index (χ4n) is 3.52. The van der Waals surface area contributed by atoms with Gasteiger partial charge in [0, 0.05) is 18.5 Å². The van der Waals surface area contributed by atoms with Gasteiger partial charge in [-0.25, -0.2) is 9.97 Å². The summed E-state index contributed by atoms with van der Waals surface area (Å²) < 4.78 is 0. The van der Waals surface area contributed by atoms with Crippen molar-refractivity contribution >= 4 is 5.78 Å². The van der Waals surface area contributed by atoms with Crippen LogP contribution < -0.4 is 0 Å². The molecule has 0 N–H and O–H groups in total. The van der Waals surface area contributed by atoms with Gasteiger partial charge in [0.05, 0.1) is 11.3 Å². The van der Waals surface area contributed by atoms with Gasteiger partial charge >= 0.3 is 0 Å². The van der Waals surface area contributed by atoms with E-state index in [4.69, 9.17) is 4.98 Å². The number of Topliss-reactive ketones (excluding diaryl/α,β-unsaturated/α-hetero) is 1. The number of aryl methyl sites for hydroxylation is 2. The number of carbonyl (C=O) groups excluding carboxylic acids is 1. The van der Waals surface area contributed by atoms with Gasteiger partial charge in [-0.05, 0) is 43.2 Å². The van der Waals surface area contributed by atoms with Crippen molar-refractivity contribution < 1.29 is 4.79 Å². The highest BCUT2D eigenvalue weighted by Gasteiger charge is 2.25. The molecule has 0 amide bonds. The Labute approximate surface area is 124 Å². The molecule has 3 heteroatoms. The highest BCUT2D eigenvalue weighted by atomic mass is 16.1. The van der Waals surface area contributed by atoms with Crippen LogP contribution in [0.3, 0.4) is 0 Å². The highest BCUT2D eigenvalue weighted by molar-refractivity contribution is 5.97. The molecular weight excluding hydrogens is 260 g/mol. The number of ketones is 1. The molecule has 0 saturated heterocycles. The second-order valence-electron chi connectivity index (χ2n) is 6.07. The van der Waals surface area contributed by atoms with E-state index in [0.717, 1.165) is 49.2 Å². The molecule has 21 heavy (non-hydrogen) atoms. The van der Waals surface area contributed by atoms with Crippen molar-refractivity contribution in [2.45, 2.75) is 44.4 Å². The summed E-state index contributed by atoms with van der Waals surface area (Å²) >= 11 is 0. The predicted octanol–water partition coefficient (Wildman–Crippen LogP) is 3.27. The average Bonchev–Trinajstić information content (AvgIpc) is 2.54. The van der Waals surface area contributed by atoms with Gasteiger partial charge in [-0.2, -0.15) is 0 Å². The van der Waals surface area contributed by atoms with Crippen molar-refractivity contribution in [3.8, 4) is 0 Å². The molecule has 0 spiro atoms. The summed E-state index contributed by atoms with van der Waals surface area (Å²) in [5, 5.41) is 0. The summed E-state index contributed by atoms with van der Waals surface area (Å²) in [4.78, 5) is 21.1. The van der Waals surface area contributed by atoms with Crippen molar-refractivity contribution in [1.82, 2.24) is 9.97 Å². The molecule has 4 rings (SSSR count). The molecule has 2 aliphatic rings. The van der Waals surface area contributed by atoms with Gasteiger partial charge in [-0.15, -0.1) is 0 Å². The highest BCUT2D eigenvalue weighted by Crippen LogP contribution is 2.31. The number of hydrogen-bond acceptors (Lipinski definition) is 3. The molecular formula is C18H18N2O. The first-order valence-electron chi connectivity index (χ1n) is 7.77. The Hall–Kier alpha value is -2.03. The van der Waals surface area contributed by atoms with Gasteiger partial charge in [0.15, 0.2) is 5.78 Å². The van der Waals surface area contributed by atoms with Gasteiger partial charge < -0.3 is 0 Å². The SMILES string of the molecule is O=C1CCCc2nc(C3CCc4ccccc4C3)ncc21. The molecule has 2 aliphatic carbocycles. The van der Waals surface area contributed by atoms with E-state index in [-0.39, 0.29) is 5.78 Å². The molecule has 0 radical (unpaired) electrons. The van der Waals surface area contributed by atoms with E-state index in [1.165, 1.54) is 11.1 Å².